The van der Waals surface area contributed by atoms with Crippen molar-refractivity contribution in [2.75, 3.05) is 39.3 Å². The normalized spacial score (nSPS) is 27.9. The first-order valence-electron chi connectivity index (χ1n) is 5.83. The molecule has 14 heavy (non-hydrogen) atoms. The molecule has 0 aromatic rings. The van der Waals surface area contributed by atoms with E-state index in [1.54, 1.807) is 0 Å². The van der Waals surface area contributed by atoms with Gasteiger partial charge in [-0.3, -0.25) is 4.90 Å². The van der Waals surface area contributed by atoms with Gasteiger partial charge in [0.15, 0.2) is 0 Å². The Kier molecular flexibility index (Phi) is 4.85. The predicted molar refractivity (Wildman–Crippen MR) is 61.4 cm³/mol. The summed E-state index contributed by atoms with van der Waals surface area (Å²) >= 11 is 0. The summed E-state index contributed by atoms with van der Waals surface area (Å²) in [6.07, 6.45) is 0. The summed E-state index contributed by atoms with van der Waals surface area (Å²) in [5.74, 6) is 0.630. The van der Waals surface area contributed by atoms with Gasteiger partial charge >= 0.3 is 0 Å². The molecular weight excluding hydrogens is 174 g/mol. The van der Waals surface area contributed by atoms with Gasteiger partial charge in [-0.05, 0) is 25.9 Å². The first-order chi connectivity index (χ1) is 6.67. The lowest BCUT2D eigenvalue weighted by molar-refractivity contribution is 0.0766. The highest BCUT2D eigenvalue weighted by atomic mass is 15.3. The van der Waals surface area contributed by atoms with Crippen LogP contribution in [0.15, 0.2) is 0 Å². The topological polar surface area (TPSA) is 32.5 Å². The summed E-state index contributed by atoms with van der Waals surface area (Å²) in [5.41, 5.74) is 5.65. The Bertz CT molecular complexity index is 161. The predicted octanol–water partition coefficient (Wildman–Crippen LogP) is 0.607. The first-order valence-corrected chi connectivity index (χ1v) is 5.83. The van der Waals surface area contributed by atoms with Gasteiger partial charge in [0.05, 0.1) is 0 Å². The molecule has 0 aliphatic carbocycles. The third kappa shape index (κ3) is 3.23. The number of piperazine rings is 1. The van der Waals surface area contributed by atoms with Gasteiger partial charge in [-0.1, -0.05) is 13.8 Å². The van der Waals surface area contributed by atoms with Crippen molar-refractivity contribution in [1.82, 2.24) is 9.80 Å². The third-order valence-electron chi connectivity index (χ3n) is 3.24. The lowest BCUT2D eigenvalue weighted by atomic mass is 10.1. The van der Waals surface area contributed by atoms with Gasteiger partial charge in [-0.15, -0.1) is 0 Å². The number of hydrogen-bond donors (Lipinski definition) is 1. The van der Waals surface area contributed by atoms with Crippen molar-refractivity contribution < 1.29 is 0 Å². The number of likely N-dealkylation sites (N-methyl/N-ethyl adjacent to an activating group) is 1. The van der Waals surface area contributed by atoms with Crippen LogP contribution in [0.4, 0.5) is 0 Å². The van der Waals surface area contributed by atoms with E-state index in [9.17, 15) is 0 Å². The molecule has 0 spiro atoms. The molecule has 1 aliphatic heterocycles. The molecule has 0 bridgehead atoms. The second-order valence-corrected chi connectivity index (χ2v) is 4.58. The van der Waals surface area contributed by atoms with Crippen LogP contribution in [-0.4, -0.2) is 55.1 Å². The Labute approximate surface area is 88.2 Å². The quantitative estimate of drug-likeness (QED) is 0.720. The molecule has 3 nitrogen and oxygen atoms in total. The molecule has 1 fully saturated rings. The molecule has 84 valence electrons. The summed E-state index contributed by atoms with van der Waals surface area (Å²) in [4.78, 5) is 5.10. The Morgan fingerprint density at radius 3 is 2.64 bits per heavy atom. The molecule has 2 unspecified atom stereocenters. The molecule has 0 amide bonds. The second-order valence-electron chi connectivity index (χ2n) is 4.58. The van der Waals surface area contributed by atoms with E-state index >= 15 is 0 Å². The highest BCUT2D eigenvalue weighted by Gasteiger charge is 2.23. The van der Waals surface area contributed by atoms with E-state index in [0.29, 0.717) is 12.0 Å². The fourth-order valence-electron chi connectivity index (χ4n) is 2.10. The smallest absolute Gasteiger partial charge is 0.0195 e. The lowest BCUT2D eigenvalue weighted by Crippen LogP contribution is -2.53. The van der Waals surface area contributed by atoms with Crippen molar-refractivity contribution >= 4 is 0 Å². The van der Waals surface area contributed by atoms with E-state index in [4.69, 9.17) is 5.73 Å². The van der Waals surface area contributed by atoms with Crippen LogP contribution in [0.25, 0.3) is 0 Å². The molecule has 1 saturated heterocycles. The zero-order valence-corrected chi connectivity index (χ0v) is 9.87. The molecule has 0 aromatic carbocycles. The van der Waals surface area contributed by atoms with Gasteiger partial charge in [0, 0.05) is 32.2 Å². The van der Waals surface area contributed by atoms with Crippen LogP contribution >= 0.6 is 0 Å². The van der Waals surface area contributed by atoms with Gasteiger partial charge in [-0.2, -0.15) is 0 Å². The standard InChI is InChI=1S/C11H25N3/c1-4-13-5-6-14(11(3)9-13)8-10(2)7-12/h10-11H,4-9,12H2,1-3H3. The molecule has 1 rings (SSSR count). The summed E-state index contributed by atoms with van der Waals surface area (Å²) in [6.45, 7) is 13.6. The number of hydrogen-bond acceptors (Lipinski definition) is 3. The highest BCUT2D eigenvalue weighted by Crippen LogP contribution is 2.10. The minimum atomic E-state index is 0.630. The van der Waals surface area contributed by atoms with Crippen LogP contribution in [0.5, 0.6) is 0 Å². The maximum Gasteiger partial charge on any atom is 0.0195 e. The minimum absolute atomic E-state index is 0.630. The van der Waals surface area contributed by atoms with Gasteiger partial charge in [-0.25, -0.2) is 0 Å². The van der Waals surface area contributed by atoms with E-state index in [1.807, 2.05) is 0 Å². The Morgan fingerprint density at radius 2 is 2.14 bits per heavy atom. The molecule has 1 aliphatic rings. The van der Waals surface area contributed by atoms with Crippen molar-refractivity contribution in [2.45, 2.75) is 26.8 Å². The van der Waals surface area contributed by atoms with Crippen molar-refractivity contribution in [2.24, 2.45) is 11.7 Å². The summed E-state index contributed by atoms with van der Waals surface area (Å²) in [5, 5.41) is 0. The van der Waals surface area contributed by atoms with Gasteiger partial charge < -0.3 is 10.6 Å². The van der Waals surface area contributed by atoms with Crippen LogP contribution in [0.2, 0.25) is 0 Å². The van der Waals surface area contributed by atoms with Crippen molar-refractivity contribution in [1.29, 1.82) is 0 Å². The van der Waals surface area contributed by atoms with E-state index in [0.717, 1.165) is 13.1 Å². The second kappa shape index (κ2) is 5.69. The average Bonchev–Trinajstić information content (AvgIpc) is 2.20. The number of nitrogens with zero attached hydrogens (tertiary/aromatic N) is 2. The highest BCUT2D eigenvalue weighted by molar-refractivity contribution is 4.79. The average molecular weight is 199 g/mol. The van der Waals surface area contributed by atoms with Crippen LogP contribution in [0.3, 0.4) is 0 Å². The Balaban J connectivity index is 2.34. The zero-order valence-electron chi connectivity index (χ0n) is 9.87. The molecule has 3 heteroatoms. The maximum absolute atomic E-state index is 5.65. The van der Waals surface area contributed by atoms with E-state index in [-0.39, 0.29) is 0 Å². The minimum Gasteiger partial charge on any atom is -0.330 e. The molecule has 0 aromatic heterocycles. The largest absolute Gasteiger partial charge is 0.330 e. The van der Waals surface area contributed by atoms with Gasteiger partial charge in [0.2, 0.25) is 0 Å². The number of rotatable bonds is 4. The van der Waals surface area contributed by atoms with E-state index < -0.39 is 0 Å². The molecule has 2 atom stereocenters. The van der Waals surface area contributed by atoms with Crippen molar-refractivity contribution in [3.05, 3.63) is 0 Å². The monoisotopic (exact) mass is 199 g/mol. The van der Waals surface area contributed by atoms with E-state index in [1.165, 1.54) is 26.2 Å². The van der Waals surface area contributed by atoms with Crippen LogP contribution in [0.1, 0.15) is 20.8 Å². The van der Waals surface area contributed by atoms with Crippen molar-refractivity contribution in [3.8, 4) is 0 Å². The van der Waals surface area contributed by atoms with E-state index in [2.05, 4.69) is 30.6 Å². The maximum atomic E-state index is 5.65. The molecular formula is C11H25N3. The van der Waals surface area contributed by atoms with Crippen molar-refractivity contribution in [3.63, 3.8) is 0 Å². The van der Waals surface area contributed by atoms with Crippen LogP contribution < -0.4 is 5.73 Å². The SMILES string of the molecule is CCN1CCN(CC(C)CN)C(C)C1. The summed E-state index contributed by atoms with van der Waals surface area (Å²) in [7, 11) is 0. The van der Waals surface area contributed by atoms with Crippen LogP contribution in [-0.2, 0) is 0 Å². The Hall–Kier alpha value is -0.120. The molecule has 0 saturated carbocycles. The Morgan fingerprint density at radius 1 is 1.43 bits per heavy atom. The fourth-order valence-corrected chi connectivity index (χ4v) is 2.10. The molecule has 1 heterocycles. The summed E-state index contributed by atoms with van der Waals surface area (Å²) < 4.78 is 0. The van der Waals surface area contributed by atoms with Gasteiger partial charge in [0.1, 0.15) is 0 Å². The van der Waals surface area contributed by atoms with Crippen LogP contribution in [0, 0.1) is 5.92 Å². The molecule has 2 N–H and O–H groups in total. The molecule has 0 radical (unpaired) electrons. The third-order valence-corrected chi connectivity index (χ3v) is 3.24. The fraction of sp³-hybridized carbons (Fsp3) is 1.00. The summed E-state index contributed by atoms with van der Waals surface area (Å²) in [6, 6.07) is 0.692. The lowest BCUT2D eigenvalue weighted by Gasteiger charge is -2.40. The number of nitrogens with two attached hydrogens (primary N) is 1. The van der Waals surface area contributed by atoms with Gasteiger partial charge in [0.25, 0.3) is 0 Å². The zero-order chi connectivity index (χ0) is 10.6. The first kappa shape index (κ1) is 12.0.